The average molecular weight is 401 g/mol. The maximum Gasteiger partial charge on any atom is 0.193 e. The summed E-state index contributed by atoms with van der Waals surface area (Å²) in [6.45, 7) is 4.19. The molecule has 0 aliphatic carbocycles. The average Bonchev–Trinajstić information content (AvgIpc) is 3.37. The first-order valence-electron chi connectivity index (χ1n) is 9.61. The molecule has 0 bridgehead atoms. The van der Waals surface area contributed by atoms with Gasteiger partial charge in [-0.25, -0.2) is 9.37 Å². The van der Waals surface area contributed by atoms with Gasteiger partial charge in [0, 0.05) is 74.4 Å². The molecule has 28 heavy (non-hydrogen) atoms. The molecule has 0 amide bonds. The predicted octanol–water partition coefficient (Wildman–Crippen LogP) is 3.14. The summed E-state index contributed by atoms with van der Waals surface area (Å²) in [4.78, 5) is 9.12. The third-order valence-corrected chi connectivity index (χ3v) is 6.10. The molecule has 7 heteroatoms. The molecule has 148 valence electrons. The monoisotopic (exact) mass is 400 g/mol. The highest BCUT2D eigenvalue weighted by molar-refractivity contribution is 7.12. The fourth-order valence-corrected chi connectivity index (χ4v) is 4.53. The quantitative estimate of drug-likeness (QED) is 0.662. The minimum atomic E-state index is -0.158. The molecule has 1 aromatic carbocycles. The molecule has 1 atom stereocenters. The lowest BCUT2D eigenvalue weighted by Crippen LogP contribution is -2.52. The van der Waals surface area contributed by atoms with Gasteiger partial charge in [-0.15, -0.1) is 11.3 Å². The SMILES string of the molecule is OCC[C@@H]1CN(Cc2cccn2-c2nccs2)CCN1Cc1ccccc1F. The Balaban J connectivity index is 1.44. The molecular formula is C21H25FN4OS. The molecule has 1 aliphatic heterocycles. The summed E-state index contributed by atoms with van der Waals surface area (Å²) in [5, 5.41) is 12.5. The lowest BCUT2D eigenvalue weighted by atomic mass is 10.1. The van der Waals surface area contributed by atoms with E-state index >= 15 is 0 Å². The van der Waals surface area contributed by atoms with Gasteiger partial charge in [0.2, 0.25) is 0 Å². The van der Waals surface area contributed by atoms with Crippen LogP contribution in [0.3, 0.4) is 0 Å². The smallest absolute Gasteiger partial charge is 0.193 e. The van der Waals surface area contributed by atoms with E-state index < -0.39 is 0 Å². The van der Waals surface area contributed by atoms with Gasteiger partial charge in [-0.1, -0.05) is 18.2 Å². The normalized spacial score (nSPS) is 18.6. The van der Waals surface area contributed by atoms with E-state index in [4.69, 9.17) is 0 Å². The molecule has 0 saturated carbocycles. The highest BCUT2D eigenvalue weighted by Crippen LogP contribution is 2.21. The fraction of sp³-hybridized carbons (Fsp3) is 0.381. The zero-order valence-corrected chi connectivity index (χ0v) is 16.6. The second-order valence-electron chi connectivity index (χ2n) is 7.15. The first kappa shape index (κ1) is 19.3. The van der Waals surface area contributed by atoms with Crippen LogP contribution >= 0.6 is 11.3 Å². The third kappa shape index (κ3) is 4.33. The van der Waals surface area contributed by atoms with E-state index in [0.717, 1.165) is 36.9 Å². The number of aliphatic hydroxyl groups excluding tert-OH is 1. The molecule has 1 aliphatic rings. The molecule has 0 unspecified atom stereocenters. The van der Waals surface area contributed by atoms with Crippen molar-refractivity contribution < 1.29 is 9.50 Å². The molecule has 0 radical (unpaired) electrons. The van der Waals surface area contributed by atoms with Gasteiger partial charge in [-0.3, -0.25) is 14.4 Å². The van der Waals surface area contributed by atoms with Gasteiger partial charge >= 0.3 is 0 Å². The summed E-state index contributed by atoms with van der Waals surface area (Å²) >= 11 is 1.63. The number of nitrogens with zero attached hydrogens (tertiary/aromatic N) is 4. The number of benzene rings is 1. The summed E-state index contributed by atoms with van der Waals surface area (Å²) in [7, 11) is 0. The van der Waals surface area contributed by atoms with Crippen LogP contribution in [-0.2, 0) is 13.1 Å². The summed E-state index contributed by atoms with van der Waals surface area (Å²) in [5.74, 6) is -0.158. The second kappa shape index (κ2) is 8.96. The minimum Gasteiger partial charge on any atom is -0.396 e. The first-order valence-corrected chi connectivity index (χ1v) is 10.5. The van der Waals surface area contributed by atoms with Crippen molar-refractivity contribution in [3.8, 4) is 5.13 Å². The Morgan fingerprint density at radius 1 is 1.14 bits per heavy atom. The lowest BCUT2D eigenvalue weighted by Gasteiger charge is -2.41. The standard InChI is InChI=1S/C21H25FN4OS/c22-20-6-2-1-4-17(20)14-25-11-10-24(15-18(25)7-12-27)16-19-5-3-9-26(19)21-23-8-13-28-21/h1-6,8-9,13,18,27H,7,10-12,14-16H2/t18-/m1/s1. The molecule has 1 fully saturated rings. The summed E-state index contributed by atoms with van der Waals surface area (Å²) in [6.07, 6.45) is 4.56. The topological polar surface area (TPSA) is 44.5 Å². The number of aromatic nitrogens is 2. The van der Waals surface area contributed by atoms with Gasteiger partial charge in [0.15, 0.2) is 5.13 Å². The van der Waals surface area contributed by atoms with Crippen LogP contribution in [0.5, 0.6) is 0 Å². The Hall–Kier alpha value is -2.06. The van der Waals surface area contributed by atoms with E-state index in [2.05, 4.69) is 31.5 Å². The van der Waals surface area contributed by atoms with Crippen molar-refractivity contribution in [2.24, 2.45) is 0 Å². The molecule has 0 spiro atoms. The van der Waals surface area contributed by atoms with E-state index in [0.29, 0.717) is 13.0 Å². The van der Waals surface area contributed by atoms with Crippen molar-refractivity contribution in [1.29, 1.82) is 0 Å². The van der Waals surface area contributed by atoms with Crippen molar-refractivity contribution in [3.63, 3.8) is 0 Å². The van der Waals surface area contributed by atoms with Gasteiger partial charge in [-0.2, -0.15) is 0 Å². The molecular weight excluding hydrogens is 375 g/mol. The largest absolute Gasteiger partial charge is 0.396 e. The number of aliphatic hydroxyl groups is 1. The van der Waals surface area contributed by atoms with E-state index in [1.54, 1.807) is 17.4 Å². The maximum atomic E-state index is 14.1. The third-order valence-electron chi connectivity index (χ3n) is 5.33. The van der Waals surface area contributed by atoms with E-state index in [1.807, 2.05) is 29.9 Å². The molecule has 3 heterocycles. The molecule has 1 N–H and O–H groups in total. The van der Waals surface area contributed by atoms with E-state index in [9.17, 15) is 9.50 Å². The highest BCUT2D eigenvalue weighted by Gasteiger charge is 2.27. The van der Waals surface area contributed by atoms with Crippen molar-refractivity contribution in [2.75, 3.05) is 26.2 Å². The number of hydrogen-bond acceptors (Lipinski definition) is 5. The van der Waals surface area contributed by atoms with Crippen LogP contribution in [0, 0.1) is 5.82 Å². The number of rotatable bonds is 7. The van der Waals surface area contributed by atoms with Crippen LogP contribution in [0.4, 0.5) is 4.39 Å². The molecule has 4 rings (SSSR count). The van der Waals surface area contributed by atoms with Gasteiger partial charge in [0.25, 0.3) is 0 Å². The summed E-state index contributed by atoms with van der Waals surface area (Å²) < 4.78 is 16.2. The van der Waals surface area contributed by atoms with Crippen molar-refractivity contribution >= 4 is 11.3 Å². The Bertz CT molecular complexity index is 882. The van der Waals surface area contributed by atoms with Crippen LogP contribution in [0.25, 0.3) is 5.13 Å². The number of piperazine rings is 1. The predicted molar refractivity (Wildman–Crippen MR) is 109 cm³/mol. The minimum absolute atomic E-state index is 0.141. The van der Waals surface area contributed by atoms with Crippen molar-refractivity contribution in [1.82, 2.24) is 19.4 Å². The van der Waals surface area contributed by atoms with Crippen LogP contribution < -0.4 is 0 Å². The summed E-state index contributed by atoms with van der Waals surface area (Å²) in [6, 6.07) is 11.4. The number of thiazole rings is 1. The molecule has 3 aromatic rings. The number of hydrogen-bond donors (Lipinski definition) is 1. The van der Waals surface area contributed by atoms with Gasteiger partial charge < -0.3 is 5.11 Å². The zero-order valence-electron chi connectivity index (χ0n) is 15.7. The Kier molecular flexibility index (Phi) is 6.17. The van der Waals surface area contributed by atoms with Crippen molar-refractivity contribution in [3.05, 3.63) is 71.2 Å². The lowest BCUT2D eigenvalue weighted by molar-refractivity contribution is 0.0485. The number of halogens is 1. The zero-order chi connectivity index (χ0) is 19.3. The van der Waals surface area contributed by atoms with Crippen LogP contribution in [0.1, 0.15) is 17.7 Å². The van der Waals surface area contributed by atoms with Gasteiger partial charge in [-0.05, 0) is 24.6 Å². The fourth-order valence-electron chi connectivity index (χ4n) is 3.87. The van der Waals surface area contributed by atoms with Gasteiger partial charge in [0.05, 0.1) is 0 Å². The van der Waals surface area contributed by atoms with Crippen molar-refractivity contribution in [2.45, 2.75) is 25.6 Å². The molecule has 5 nitrogen and oxygen atoms in total. The van der Waals surface area contributed by atoms with E-state index in [1.165, 1.54) is 11.8 Å². The maximum absolute atomic E-state index is 14.1. The Morgan fingerprint density at radius 2 is 2.04 bits per heavy atom. The second-order valence-corrected chi connectivity index (χ2v) is 8.02. The first-order chi connectivity index (χ1) is 13.7. The Morgan fingerprint density at radius 3 is 2.82 bits per heavy atom. The van der Waals surface area contributed by atoms with Crippen LogP contribution in [-0.4, -0.2) is 56.7 Å². The van der Waals surface area contributed by atoms with Crippen LogP contribution in [0.15, 0.2) is 54.2 Å². The molecule has 1 saturated heterocycles. The summed E-state index contributed by atoms with van der Waals surface area (Å²) in [5.41, 5.74) is 1.93. The van der Waals surface area contributed by atoms with Gasteiger partial charge in [0.1, 0.15) is 5.82 Å². The van der Waals surface area contributed by atoms with E-state index in [-0.39, 0.29) is 18.5 Å². The van der Waals surface area contributed by atoms with Crippen LogP contribution in [0.2, 0.25) is 0 Å². The molecule has 2 aromatic heterocycles. The highest BCUT2D eigenvalue weighted by atomic mass is 32.1. The Labute approximate surface area is 168 Å².